The fraction of sp³-hybridized carbons (Fsp3) is 0.294. The van der Waals surface area contributed by atoms with Crippen LogP contribution in [0.5, 0.6) is 0 Å². The van der Waals surface area contributed by atoms with E-state index in [-0.39, 0.29) is 11.5 Å². The van der Waals surface area contributed by atoms with Gasteiger partial charge in [0.25, 0.3) is 0 Å². The number of carbonyl (C=O) groups is 2. The van der Waals surface area contributed by atoms with Crippen molar-refractivity contribution >= 4 is 35.1 Å². The van der Waals surface area contributed by atoms with Crippen molar-refractivity contribution in [3.8, 4) is 0 Å². The van der Waals surface area contributed by atoms with Crippen molar-refractivity contribution < 1.29 is 19.8 Å². The second-order valence-electron chi connectivity index (χ2n) is 5.73. The largest absolute Gasteiger partial charge is 0.481 e. The number of carboxylic acids is 2. The van der Waals surface area contributed by atoms with E-state index in [1.807, 2.05) is 12.1 Å². The molecule has 0 radical (unpaired) electrons. The van der Waals surface area contributed by atoms with Crippen molar-refractivity contribution in [2.24, 2.45) is 11.3 Å². The average Bonchev–Trinajstić information content (AvgIpc) is 2.48. The molecule has 0 amide bonds. The molecule has 1 aliphatic carbocycles. The minimum Gasteiger partial charge on any atom is -0.481 e. The number of carboxylic acid groups (broad SMARTS) is 2. The molecule has 4 nitrogen and oxygen atoms in total. The Bertz CT molecular complexity index is 691. The maximum absolute atomic E-state index is 11.8. The number of benzene rings is 1. The monoisotopic (exact) mass is 354 g/mol. The summed E-state index contributed by atoms with van der Waals surface area (Å²) >= 11 is 11.8. The second kappa shape index (κ2) is 6.77. The van der Waals surface area contributed by atoms with E-state index in [1.54, 1.807) is 25.1 Å². The van der Waals surface area contributed by atoms with E-state index in [0.717, 1.165) is 5.56 Å². The number of aliphatic carboxylic acids is 2. The lowest BCUT2D eigenvalue weighted by Crippen LogP contribution is -2.40. The highest BCUT2D eigenvalue weighted by Crippen LogP contribution is 2.43. The van der Waals surface area contributed by atoms with Gasteiger partial charge < -0.3 is 10.2 Å². The van der Waals surface area contributed by atoms with Crippen LogP contribution in [0.1, 0.15) is 12.5 Å². The lowest BCUT2D eigenvalue weighted by molar-refractivity contribution is -0.143. The summed E-state index contributed by atoms with van der Waals surface area (Å²) in [5, 5.41) is 19.6. The zero-order valence-corrected chi connectivity index (χ0v) is 13.9. The maximum Gasteiger partial charge on any atom is 0.332 e. The van der Waals surface area contributed by atoms with Crippen molar-refractivity contribution in [1.82, 2.24) is 0 Å². The molecule has 0 aliphatic heterocycles. The zero-order chi connectivity index (χ0) is 17.2. The quantitative estimate of drug-likeness (QED) is 0.789. The Balaban J connectivity index is 2.50. The van der Waals surface area contributed by atoms with Crippen molar-refractivity contribution in [3.63, 3.8) is 0 Å². The van der Waals surface area contributed by atoms with E-state index >= 15 is 0 Å². The Morgan fingerprint density at radius 2 is 1.83 bits per heavy atom. The third kappa shape index (κ3) is 3.43. The molecule has 2 atom stereocenters. The first-order valence-corrected chi connectivity index (χ1v) is 7.89. The van der Waals surface area contributed by atoms with Gasteiger partial charge in [0.2, 0.25) is 0 Å². The van der Waals surface area contributed by atoms with Crippen LogP contribution in [0.15, 0.2) is 47.6 Å². The van der Waals surface area contributed by atoms with Crippen molar-refractivity contribution in [2.45, 2.75) is 13.3 Å². The molecule has 0 heterocycles. The second-order valence-corrected chi connectivity index (χ2v) is 6.44. The molecule has 2 rings (SSSR count). The van der Waals surface area contributed by atoms with Crippen LogP contribution in [0.4, 0.5) is 0 Å². The number of hydrogen-bond donors (Lipinski definition) is 2. The summed E-state index contributed by atoms with van der Waals surface area (Å²) < 4.78 is 0. The average molecular weight is 355 g/mol. The lowest BCUT2D eigenvalue weighted by atomic mass is 9.67. The number of rotatable bonds is 5. The third-order valence-corrected chi connectivity index (χ3v) is 4.94. The van der Waals surface area contributed by atoms with Crippen molar-refractivity contribution in [3.05, 3.63) is 58.1 Å². The molecule has 1 aliphatic rings. The van der Waals surface area contributed by atoms with Crippen LogP contribution in [-0.4, -0.2) is 28.0 Å². The van der Waals surface area contributed by atoms with Gasteiger partial charge in [-0.25, -0.2) is 4.79 Å². The molecule has 0 saturated heterocycles. The Hall–Kier alpha value is -1.78. The number of hydrogen-bond acceptors (Lipinski definition) is 2. The van der Waals surface area contributed by atoms with Gasteiger partial charge in [0, 0.05) is 21.9 Å². The van der Waals surface area contributed by atoms with Crippen LogP contribution in [0.2, 0.25) is 5.02 Å². The molecule has 1 aromatic rings. The van der Waals surface area contributed by atoms with Crippen LogP contribution in [0.25, 0.3) is 0 Å². The summed E-state index contributed by atoms with van der Waals surface area (Å²) in [4.78, 5) is 23.2. The Labute approximate surface area is 144 Å². The van der Waals surface area contributed by atoms with E-state index in [0.29, 0.717) is 17.0 Å². The summed E-state index contributed by atoms with van der Waals surface area (Å²) in [5.74, 6) is -3.30. The molecule has 0 aromatic heterocycles. The van der Waals surface area contributed by atoms with Crippen LogP contribution in [0.3, 0.4) is 0 Å². The van der Waals surface area contributed by atoms with Crippen LogP contribution in [-0.2, 0) is 16.0 Å². The van der Waals surface area contributed by atoms with Crippen molar-refractivity contribution in [1.29, 1.82) is 0 Å². The normalized spacial score (nSPS) is 23.9. The predicted octanol–water partition coefficient (Wildman–Crippen LogP) is 3.78. The molecule has 2 N–H and O–H groups in total. The first kappa shape index (κ1) is 17.6. The Morgan fingerprint density at radius 3 is 2.30 bits per heavy atom. The molecular weight excluding hydrogens is 339 g/mol. The predicted molar refractivity (Wildman–Crippen MR) is 88.9 cm³/mol. The van der Waals surface area contributed by atoms with Gasteiger partial charge in [-0.05, 0) is 29.7 Å². The molecule has 6 heteroatoms. The van der Waals surface area contributed by atoms with Gasteiger partial charge in [0.15, 0.2) is 0 Å². The highest BCUT2D eigenvalue weighted by Gasteiger charge is 2.46. The lowest BCUT2D eigenvalue weighted by Gasteiger charge is -2.36. The summed E-state index contributed by atoms with van der Waals surface area (Å²) in [7, 11) is 0. The summed E-state index contributed by atoms with van der Waals surface area (Å²) in [6.45, 7) is 1.58. The van der Waals surface area contributed by atoms with Gasteiger partial charge in [0.1, 0.15) is 0 Å². The number of allylic oxidation sites excluding steroid dienone is 2. The van der Waals surface area contributed by atoms with E-state index < -0.39 is 23.3 Å². The fourth-order valence-corrected chi connectivity index (χ4v) is 3.31. The van der Waals surface area contributed by atoms with Crippen molar-refractivity contribution in [2.75, 3.05) is 5.88 Å². The summed E-state index contributed by atoms with van der Waals surface area (Å²) in [6, 6.07) is 7.07. The molecular formula is C17H16Cl2O4. The molecule has 0 fully saturated rings. The molecule has 0 saturated carbocycles. The van der Waals surface area contributed by atoms with Gasteiger partial charge in [-0.2, -0.15) is 0 Å². The molecule has 0 bridgehead atoms. The smallest absolute Gasteiger partial charge is 0.332 e. The minimum atomic E-state index is -1.17. The highest BCUT2D eigenvalue weighted by molar-refractivity contribution is 6.30. The number of alkyl halides is 1. The third-order valence-electron chi connectivity index (χ3n) is 4.13. The van der Waals surface area contributed by atoms with Crippen LogP contribution >= 0.6 is 23.2 Å². The summed E-state index contributed by atoms with van der Waals surface area (Å²) in [5.41, 5.74) is 0.326. The maximum atomic E-state index is 11.8. The van der Waals surface area contributed by atoms with Gasteiger partial charge >= 0.3 is 11.9 Å². The molecule has 2 unspecified atom stereocenters. The van der Waals surface area contributed by atoms with Crippen LogP contribution < -0.4 is 0 Å². The molecule has 0 spiro atoms. The standard InChI is InChI=1S/C17H16Cl2O4/c1-17(9-18)13(15(20)21)7-4-11(14(17)16(22)23)8-10-2-5-12(19)6-3-10/h2-7,13H,8-9H2,1H3,(H,20,21)(H,22,23). The van der Waals surface area contributed by atoms with Crippen LogP contribution in [0, 0.1) is 11.3 Å². The van der Waals surface area contributed by atoms with E-state index in [2.05, 4.69) is 0 Å². The molecule has 23 heavy (non-hydrogen) atoms. The fourth-order valence-electron chi connectivity index (χ4n) is 2.89. The van der Waals surface area contributed by atoms with Gasteiger partial charge in [-0.3, -0.25) is 4.79 Å². The SMILES string of the molecule is CC1(CCl)C(C(=O)O)=C(Cc2ccc(Cl)cc2)C=CC1C(=O)O. The molecule has 1 aromatic carbocycles. The Morgan fingerprint density at radius 1 is 1.22 bits per heavy atom. The highest BCUT2D eigenvalue weighted by atomic mass is 35.5. The van der Waals surface area contributed by atoms with E-state index in [9.17, 15) is 19.8 Å². The minimum absolute atomic E-state index is 0.0531. The summed E-state index contributed by atoms with van der Waals surface area (Å²) in [6.07, 6.45) is 3.46. The van der Waals surface area contributed by atoms with E-state index in [1.165, 1.54) is 6.08 Å². The van der Waals surface area contributed by atoms with Gasteiger partial charge in [0.05, 0.1) is 5.92 Å². The first-order valence-electron chi connectivity index (χ1n) is 6.98. The van der Waals surface area contributed by atoms with Gasteiger partial charge in [-0.1, -0.05) is 42.8 Å². The first-order chi connectivity index (χ1) is 10.8. The van der Waals surface area contributed by atoms with Gasteiger partial charge in [-0.15, -0.1) is 11.6 Å². The zero-order valence-electron chi connectivity index (χ0n) is 12.4. The molecule has 122 valence electrons. The topological polar surface area (TPSA) is 74.6 Å². The number of halogens is 2. The Kier molecular flexibility index (Phi) is 5.17. The van der Waals surface area contributed by atoms with E-state index in [4.69, 9.17) is 23.2 Å².